The van der Waals surface area contributed by atoms with Crippen molar-refractivity contribution in [2.45, 2.75) is 31.8 Å². The lowest BCUT2D eigenvalue weighted by Crippen LogP contribution is -2.44. The highest BCUT2D eigenvalue weighted by molar-refractivity contribution is 5.74. The van der Waals surface area contributed by atoms with Crippen LogP contribution in [0.5, 0.6) is 0 Å². The van der Waals surface area contributed by atoms with Crippen molar-refractivity contribution in [2.24, 2.45) is 5.73 Å². The van der Waals surface area contributed by atoms with Gasteiger partial charge < -0.3 is 15.5 Å². The fraction of sp³-hybridized carbons (Fsp3) is 0.381. The monoisotopic (exact) mass is 337 g/mol. The summed E-state index contributed by atoms with van der Waals surface area (Å²) in [4.78, 5) is 16.5. The molecule has 25 heavy (non-hydrogen) atoms. The van der Waals surface area contributed by atoms with Crippen LogP contribution in [0.15, 0.2) is 54.6 Å². The highest BCUT2D eigenvalue weighted by Gasteiger charge is 2.25. The lowest BCUT2D eigenvalue weighted by Gasteiger charge is -2.35. The molecule has 4 nitrogen and oxygen atoms in total. The number of amides is 2. The molecule has 2 aromatic carbocycles. The molecular weight excluding hydrogens is 310 g/mol. The van der Waals surface area contributed by atoms with Crippen LogP contribution in [0.25, 0.3) is 0 Å². The van der Waals surface area contributed by atoms with Gasteiger partial charge in [0.2, 0.25) is 0 Å². The van der Waals surface area contributed by atoms with Crippen LogP contribution < -0.4 is 5.73 Å². The molecule has 0 bridgehead atoms. The van der Waals surface area contributed by atoms with Gasteiger partial charge >= 0.3 is 6.03 Å². The Morgan fingerprint density at radius 1 is 1.08 bits per heavy atom. The summed E-state index contributed by atoms with van der Waals surface area (Å²) in [5, 5.41) is 0. The van der Waals surface area contributed by atoms with Gasteiger partial charge in [-0.25, -0.2) is 4.79 Å². The number of hydrogen-bond donors (Lipinski definition) is 1. The first-order valence-corrected chi connectivity index (χ1v) is 9.00. The molecule has 0 spiro atoms. The van der Waals surface area contributed by atoms with Crippen molar-refractivity contribution in [3.8, 4) is 0 Å². The minimum Gasteiger partial charge on any atom is -0.326 e. The van der Waals surface area contributed by atoms with Gasteiger partial charge in [0.05, 0.1) is 0 Å². The molecule has 2 amide bonds. The molecular formula is C21H27N3O. The number of urea groups is 1. The van der Waals surface area contributed by atoms with Gasteiger partial charge in [-0.05, 0) is 35.4 Å². The summed E-state index contributed by atoms with van der Waals surface area (Å²) in [7, 11) is 1.88. The molecule has 1 saturated heterocycles. The molecule has 0 aliphatic carbocycles. The van der Waals surface area contributed by atoms with Gasteiger partial charge in [0.25, 0.3) is 0 Å². The Morgan fingerprint density at radius 2 is 1.76 bits per heavy atom. The number of carbonyl (C=O) groups excluding carboxylic acids is 1. The normalized spacial score (nSPS) is 15.2. The highest BCUT2D eigenvalue weighted by Crippen LogP contribution is 2.29. The van der Waals surface area contributed by atoms with Gasteiger partial charge in [-0.2, -0.15) is 0 Å². The number of benzene rings is 2. The fourth-order valence-electron chi connectivity index (χ4n) is 3.54. The van der Waals surface area contributed by atoms with Crippen molar-refractivity contribution in [1.29, 1.82) is 0 Å². The average molecular weight is 337 g/mol. The van der Waals surface area contributed by atoms with Gasteiger partial charge in [-0.15, -0.1) is 0 Å². The summed E-state index contributed by atoms with van der Waals surface area (Å²) >= 11 is 0. The summed E-state index contributed by atoms with van der Waals surface area (Å²) in [6.45, 7) is 2.86. The van der Waals surface area contributed by atoms with Crippen molar-refractivity contribution in [3.05, 3.63) is 71.3 Å². The molecule has 0 atom stereocenters. The second-order valence-corrected chi connectivity index (χ2v) is 6.83. The van der Waals surface area contributed by atoms with Crippen molar-refractivity contribution < 1.29 is 4.79 Å². The first kappa shape index (κ1) is 17.5. The average Bonchev–Trinajstić information content (AvgIpc) is 2.68. The molecule has 3 rings (SSSR count). The quantitative estimate of drug-likeness (QED) is 0.927. The molecule has 0 unspecified atom stereocenters. The lowest BCUT2D eigenvalue weighted by atomic mass is 9.88. The van der Waals surface area contributed by atoms with Crippen LogP contribution in [-0.4, -0.2) is 36.0 Å². The van der Waals surface area contributed by atoms with Crippen LogP contribution in [0, 0.1) is 0 Å². The van der Waals surface area contributed by atoms with Crippen molar-refractivity contribution in [2.75, 3.05) is 20.1 Å². The Hall–Kier alpha value is -2.33. The number of hydrogen-bond acceptors (Lipinski definition) is 2. The third-order valence-corrected chi connectivity index (χ3v) is 5.01. The minimum absolute atomic E-state index is 0.123. The molecule has 2 N–H and O–H groups in total. The van der Waals surface area contributed by atoms with E-state index >= 15 is 0 Å². The SMILES string of the molecule is CN(Cc1ccccc1)C(=O)N1CCC(c2cccc(CN)c2)CC1. The molecule has 1 fully saturated rings. The molecule has 1 aliphatic heterocycles. The Morgan fingerprint density at radius 3 is 2.44 bits per heavy atom. The lowest BCUT2D eigenvalue weighted by molar-refractivity contribution is 0.147. The number of nitrogens with two attached hydrogens (primary N) is 1. The summed E-state index contributed by atoms with van der Waals surface area (Å²) in [6, 6.07) is 18.8. The van der Waals surface area contributed by atoms with Gasteiger partial charge in [-0.1, -0.05) is 54.6 Å². The van der Waals surface area contributed by atoms with E-state index in [1.165, 1.54) is 11.1 Å². The predicted molar refractivity (Wildman–Crippen MR) is 101 cm³/mol. The number of rotatable bonds is 4. The van der Waals surface area contributed by atoms with Crippen LogP contribution in [0.1, 0.15) is 35.4 Å². The molecule has 0 saturated carbocycles. The van der Waals surface area contributed by atoms with Gasteiger partial charge in [0.15, 0.2) is 0 Å². The zero-order chi connectivity index (χ0) is 17.6. The maximum Gasteiger partial charge on any atom is 0.320 e. The predicted octanol–water partition coefficient (Wildman–Crippen LogP) is 3.58. The summed E-state index contributed by atoms with van der Waals surface area (Å²) in [6.07, 6.45) is 2.03. The second-order valence-electron chi connectivity index (χ2n) is 6.83. The third-order valence-electron chi connectivity index (χ3n) is 5.01. The maximum absolute atomic E-state index is 12.7. The number of carbonyl (C=O) groups is 1. The third kappa shape index (κ3) is 4.40. The van der Waals surface area contributed by atoms with E-state index < -0.39 is 0 Å². The van der Waals surface area contributed by atoms with Crippen LogP contribution in [0.4, 0.5) is 4.79 Å². The molecule has 2 aromatic rings. The molecule has 4 heteroatoms. The Labute approximate surface area is 150 Å². The van der Waals surface area contributed by atoms with E-state index in [4.69, 9.17) is 5.73 Å². The zero-order valence-electron chi connectivity index (χ0n) is 14.9. The van der Waals surface area contributed by atoms with Gasteiger partial charge in [-0.3, -0.25) is 0 Å². The molecule has 1 aliphatic rings. The molecule has 0 radical (unpaired) electrons. The number of likely N-dealkylation sites (tertiary alicyclic amines) is 1. The van der Waals surface area contributed by atoms with E-state index in [0.29, 0.717) is 19.0 Å². The largest absolute Gasteiger partial charge is 0.326 e. The minimum atomic E-state index is 0.123. The van der Waals surface area contributed by atoms with E-state index in [1.807, 2.05) is 35.0 Å². The van der Waals surface area contributed by atoms with Crippen LogP contribution in [-0.2, 0) is 13.1 Å². The van der Waals surface area contributed by atoms with Gasteiger partial charge in [0, 0.05) is 33.2 Å². The molecule has 132 valence electrons. The first-order valence-electron chi connectivity index (χ1n) is 9.00. The standard InChI is InChI=1S/C21H27N3O/c1-23(16-17-6-3-2-4-7-17)21(25)24-12-10-19(11-13-24)20-9-5-8-18(14-20)15-22/h2-9,14,19H,10-13,15-16,22H2,1H3. The van der Waals surface area contributed by atoms with Crippen LogP contribution in [0.3, 0.4) is 0 Å². The number of piperidine rings is 1. The Balaban J connectivity index is 1.55. The summed E-state index contributed by atoms with van der Waals surface area (Å²) in [5.41, 5.74) is 9.44. The van der Waals surface area contributed by atoms with E-state index in [-0.39, 0.29) is 6.03 Å². The topological polar surface area (TPSA) is 49.6 Å². The van der Waals surface area contributed by atoms with Crippen molar-refractivity contribution in [1.82, 2.24) is 9.80 Å². The Kier molecular flexibility index (Phi) is 5.71. The van der Waals surface area contributed by atoms with E-state index in [0.717, 1.165) is 31.5 Å². The summed E-state index contributed by atoms with van der Waals surface area (Å²) in [5.74, 6) is 0.523. The maximum atomic E-state index is 12.7. The first-order chi connectivity index (χ1) is 12.2. The van der Waals surface area contributed by atoms with Gasteiger partial charge in [0.1, 0.15) is 0 Å². The Bertz CT molecular complexity index is 693. The van der Waals surface area contributed by atoms with Crippen LogP contribution >= 0.6 is 0 Å². The molecule has 1 heterocycles. The highest BCUT2D eigenvalue weighted by atomic mass is 16.2. The molecule has 0 aromatic heterocycles. The zero-order valence-corrected chi connectivity index (χ0v) is 14.9. The fourth-order valence-corrected chi connectivity index (χ4v) is 3.54. The van der Waals surface area contributed by atoms with E-state index in [9.17, 15) is 4.79 Å². The van der Waals surface area contributed by atoms with E-state index in [2.05, 4.69) is 36.4 Å². The van der Waals surface area contributed by atoms with Crippen molar-refractivity contribution in [3.63, 3.8) is 0 Å². The summed E-state index contributed by atoms with van der Waals surface area (Å²) < 4.78 is 0. The van der Waals surface area contributed by atoms with E-state index in [1.54, 1.807) is 0 Å². The van der Waals surface area contributed by atoms with Crippen LogP contribution in [0.2, 0.25) is 0 Å². The second kappa shape index (κ2) is 8.17. The smallest absolute Gasteiger partial charge is 0.320 e. The van der Waals surface area contributed by atoms with Crippen molar-refractivity contribution >= 4 is 6.03 Å². The number of nitrogens with zero attached hydrogens (tertiary/aromatic N) is 2.